The van der Waals surface area contributed by atoms with E-state index in [1.165, 1.54) is 0 Å². The van der Waals surface area contributed by atoms with Crippen LogP contribution in [0.3, 0.4) is 0 Å². The van der Waals surface area contributed by atoms with Gasteiger partial charge in [-0.3, -0.25) is 4.79 Å². The summed E-state index contributed by atoms with van der Waals surface area (Å²) in [4.78, 5) is 11.6. The lowest BCUT2D eigenvalue weighted by atomic mass is 10.2. The Hall–Kier alpha value is -0.580. The number of nitrogen functional groups attached to an aromatic ring is 1. The molecule has 0 aromatic heterocycles. The Bertz CT molecular complexity index is 389. The summed E-state index contributed by atoms with van der Waals surface area (Å²) in [5.41, 5.74) is 6.54. The highest BCUT2D eigenvalue weighted by Gasteiger charge is 2.10. The standard InChI is InChI=1S/C11H14Cl2N2OS/c1-2-3-17-6-10(16)15-11-8(13)4-7(12)5-9(11)14/h4-5H,2-3,6,14H2,1H3,(H,15,16). The molecule has 0 saturated heterocycles. The Morgan fingerprint density at radius 3 is 2.76 bits per heavy atom. The molecule has 1 rings (SSSR count). The lowest BCUT2D eigenvalue weighted by molar-refractivity contribution is -0.113. The Labute approximate surface area is 115 Å². The molecule has 0 radical (unpaired) electrons. The van der Waals surface area contributed by atoms with Gasteiger partial charge in [0.1, 0.15) is 0 Å². The predicted molar refractivity (Wildman–Crippen MR) is 77.1 cm³/mol. The van der Waals surface area contributed by atoms with E-state index in [2.05, 4.69) is 12.2 Å². The second-order valence-electron chi connectivity index (χ2n) is 3.45. The maximum Gasteiger partial charge on any atom is 0.234 e. The summed E-state index contributed by atoms with van der Waals surface area (Å²) in [6.45, 7) is 2.07. The van der Waals surface area contributed by atoms with E-state index in [1.54, 1.807) is 23.9 Å². The highest BCUT2D eigenvalue weighted by Crippen LogP contribution is 2.32. The van der Waals surface area contributed by atoms with Gasteiger partial charge in [0.15, 0.2) is 0 Å². The molecule has 0 atom stereocenters. The van der Waals surface area contributed by atoms with Gasteiger partial charge in [-0.05, 0) is 24.3 Å². The number of rotatable bonds is 5. The average molecular weight is 293 g/mol. The molecule has 1 amide bonds. The summed E-state index contributed by atoms with van der Waals surface area (Å²) >= 11 is 13.3. The number of carbonyl (C=O) groups excluding carboxylic acids is 1. The van der Waals surface area contributed by atoms with Crippen molar-refractivity contribution in [2.24, 2.45) is 0 Å². The van der Waals surface area contributed by atoms with Gasteiger partial charge in [-0.2, -0.15) is 11.8 Å². The van der Waals surface area contributed by atoms with Gasteiger partial charge in [-0.15, -0.1) is 0 Å². The normalized spacial score (nSPS) is 10.3. The van der Waals surface area contributed by atoms with Crippen molar-refractivity contribution in [1.82, 2.24) is 0 Å². The molecule has 0 spiro atoms. The number of benzene rings is 1. The van der Waals surface area contributed by atoms with E-state index in [-0.39, 0.29) is 5.91 Å². The molecule has 0 aliphatic rings. The zero-order valence-corrected chi connectivity index (χ0v) is 11.8. The lowest BCUT2D eigenvalue weighted by Crippen LogP contribution is -2.15. The molecule has 0 saturated carbocycles. The first-order valence-corrected chi connectivity index (χ1v) is 7.07. The molecule has 6 heteroatoms. The van der Waals surface area contributed by atoms with Crippen LogP contribution in [0, 0.1) is 0 Å². The zero-order valence-electron chi connectivity index (χ0n) is 9.43. The van der Waals surface area contributed by atoms with E-state index in [9.17, 15) is 4.79 Å². The summed E-state index contributed by atoms with van der Waals surface area (Å²) in [5.74, 6) is 1.24. The van der Waals surface area contributed by atoms with Crippen LogP contribution in [0.25, 0.3) is 0 Å². The highest BCUT2D eigenvalue weighted by molar-refractivity contribution is 7.99. The van der Waals surface area contributed by atoms with Crippen molar-refractivity contribution >= 4 is 52.2 Å². The van der Waals surface area contributed by atoms with E-state index < -0.39 is 0 Å². The van der Waals surface area contributed by atoms with Gasteiger partial charge < -0.3 is 11.1 Å². The number of amides is 1. The molecule has 17 heavy (non-hydrogen) atoms. The average Bonchev–Trinajstić information content (AvgIpc) is 2.24. The third-order valence-corrected chi connectivity index (χ3v) is 3.61. The molecule has 0 heterocycles. The van der Waals surface area contributed by atoms with Gasteiger partial charge in [0.2, 0.25) is 5.91 Å². The van der Waals surface area contributed by atoms with Crippen molar-refractivity contribution in [2.45, 2.75) is 13.3 Å². The SMILES string of the molecule is CCCSCC(=O)Nc1c(N)cc(Cl)cc1Cl. The first kappa shape index (κ1) is 14.5. The molecule has 1 aromatic rings. The Morgan fingerprint density at radius 1 is 1.47 bits per heavy atom. The van der Waals surface area contributed by atoms with E-state index >= 15 is 0 Å². The number of halogens is 2. The molecule has 0 fully saturated rings. The fourth-order valence-corrected chi connectivity index (χ4v) is 2.46. The minimum absolute atomic E-state index is 0.112. The summed E-state index contributed by atoms with van der Waals surface area (Å²) in [6.07, 6.45) is 1.04. The van der Waals surface area contributed by atoms with Crippen molar-refractivity contribution in [2.75, 3.05) is 22.6 Å². The minimum Gasteiger partial charge on any atom is -0.397 e. The molecular formula is C11H14Cl2N2OS. The minimum atomic E-state index is -0.112. The molecular weight excluding hydrogens is 279 g/mol. The number of hydrogen-bond acceptors (Lipinski definition) is 3. The van der Waals surface area contributed by atoms with Crippen LogP contribution >= 0.6 is 35.0 Å². The lowest BCUT2D eigenvalue weighted by Gasteiger charge is -2.10. The van der Waals surface area contributed by atoms with E-state index in [0.717, 1.165) is 12.2 Å². The molecule has 94 valence electrons. The fourth-order valence-electron chi connectivity index (χ4n) is 1.21. The number of nitrogens with one attached hydrogen (secondary N) is 1. The molecule has 3 nitrogen and oxygen atoms in total. The van der Waals surface area contributed by atoms with Gasteiger partial charge >= 0.3 is 0 Å². The van der Waals surface area contributed by atoms with Crippen LogP contribution < -0.4 is 11.1 Å². The van der Waals surface area contributed by atoms with E-state index in [4.69, 9.17) is 28.9 Å². The van der Waals surface area contributed by atoms with Gasteiger partial charge in [0, 0.05) is 5.02 Å². The predicted octanol–water partition coefficient (Wildman–Crippen LogP) is 3.66. The van der Waals surface area contributed by atoms with Gasteiger partial charge in [0.05, 0.1) is 22.2 Å². The van der Waals surface area contributed by atoms with Crippen LogP contribution in [0.4, 0.5) is 11.4 Å². The summed E-state index contributed by atoms with van der Waals surface area (Å²) in [7, 11) is 0. The second-order valence-corrected chi connectivity index (χ2v) is 5.40. The van der Waals surface area contributed by atoms with Crippen LogP contribution in [-0.2, 0) is 4.79 Å². The van der Waals surface area contributed by atoms with Crippen LogP contribution in [0.2, 0.25) is 10.0 Å². The third-order valence-electron chi connectivity index (χ3n) is 1.93. The van der Waals surface area contributed by atoms with Crippen LogP contribution in [0.1, 0.15) is 13.3 Å². The van der Waals surface area contributed by atoms with Crippen molar-refractivity contribution in [3.05, 3.63) is 22.2 Å². The first-order valence-electron chi connectivity index (χ1n) is 5.16. The molecule has 0 aliphatic carbocycles. The Balaban J connectivity index is 2.65. The topological polar surface area (TPSA) is 55.1 Å². The maximum atomic E-state index is 11.6. The van der Waals surface area contributed by atoms with Crippen LogP contribution in [0.5, 0.6) is 0 Å². The molecule has 0 aliphatic heterocycles. The molecule has 0 bridgehead atoms. The summed E-state index contributed by atoms with van der Waals surface area (Å²) in [5, 5.41) is 3.49. The highest BCUT2D eigenvalue weighted by atomic mass is 35.5. The van der Waals surface area contributed by atoms with Crippen molar-refractivity contribution in [3.8, 4) is 0 Å². The van der Waals surface area contributed by atoms with E-state index in [1.807, 2.05) is 0 Å². The fraction of sp³-hybridized carbons (Fsp3) is 0.364. The smallest absolute Gasteiger partial charge is 0.234 e. The van der Waals surface area contributed by atoms with E-state index in [0.29, 0.717) is 27.2 Å². The van der Waals surface area contributed by atoms with Crippen LogP contribution in [0.15, 0.2) is 12.1 Å². The number of nitrogens with two attached hydrogens (primary N) is 1. The quantitative estimate of drug-likeness (QED) is 0.643. The van der Waals surface area contributed by atoms with Crippen molar-refractivity contribution in [3.63, 3.8) is 0 Å². The van der Waals surface area contributed by atoms with Crippen molar-refractivity contribution in [1.29, 1.82) is 0 Å². The molecule has 3 N–H and O–H groups in total. The van der Waals surface area contributed by atoms with Gasteiger partial charge in [-0.25, -0.2) is 0 Å². The first-order chi connectivity index (χ1) is 8.04. The van der Waals surface area contributed by atoms with Crippen LogP contribution in [-0.4, -0.2) is 17.4 Å². The summed E-state index contributed by atoms with van der Waals surface area (Å²) in [6, 6.07) is 3.11. The largest absolute Gasteiger partial charge is 0.397 e. The second kappa shape index (κ2) is 6.99. The monoisotopic (exact) mass is 292 g/mol. The molecule has 1 aromatic carbocycles. The maximum absolute atomic E-state index is 11.6. The Morgan fingerprint density at radius 2 is 2.18 bits per heavy atom. The third kappa shape index (κ3) is 4.66. The Kier molecular flexibility index (Phi) is 5.95. The number of thioether (sulfide) groups is 1. The summed E-state index contributed by atoms with van der Waals surface area (Å²) < 4.78 is 0. The van der Waals surface area contributed by atoms with Crippen molar-refractivity contribution < 1.29 is 4.79 Å². The van der Waals surface area contributed by atoms with Gasteiger partial charge in [0.25, 0.3) is 0 Å². The number of hydrogen-bond donors (Lipinski definition) is 2. The van der Waals surface area contributed by atoms with Gasteiger partial charge in [-0.1, -0.05) is 30.1 Å². The number of carbonyl (C=O) groups is 1. The zero-order chi connectivity index (χ0) is 12.8. The molecule has 0 unspecified atom stereocenters. The number of anilines is 2.